The van der Waals surface area contributed by atoms with E-state index in [1.54, 1.807) is 0 Å². The third-order valence-corrected chi connectivity index (χ3v) is 6.00. The largest absolute Gasteiger partial charge is 0.274 e. The Morgan fingerprint density at radius 1 is 1.56 bits per heavy atom. The van der Waals surface area contributed by atoms with E-state index in [1.807, 2.05) is 6.08 Å². The number of nitrogens with one attached hydrogen (secondary N) is 1. The Hall–Kier alpha value is -0.640. The minimum absolute atomic E-state index is 0.00943. The van der Waals surface area contributed by atoms with E-state index < -0.39 is 11.0 Å². The third-order valence-electron chi connectivity index (χ3n) is 4.22. The molecule has 4 heteroatoms. The van der Waals surface area contributed by atoms with Crippen LogP contribution in [0.4, 0.5) is 0 Å². The zero-order chi connectivity index (χ0) is 13.2. The molecule has 0 radical (unpaired) electrons. The van der Waals surface area contributed by atoms with Crippen molar-refractivity contribution in [2.75, 3.05) is 0 Å². The van der Waals surface area contributed by atoms with Crippen molar-refractivity contribution in [3.8, 4) is 0 Å². The first-order valence-electron chi connectivity index (χ1n) is 6.96. The van der Waals surface area contributed by atoms with Crippen LogP contribution in [0, 0.1) is 11.8 Å². The molecule has 3 unspecified atom stereocenters. The van der Waals surface area contributed by atoms with E-state index >= 15 is 0 Å². The first kappa shape index (κ1) is 13.8. The highest BCUT2D eigenvalue weighted by Crippen LogP contribution is 2.46. The molecule has 0 aromatic heterocycles. The average molecular weight is 269 g/mol. The molecule has 3 atom stereocenters. The van der Waals surface area contributed by atoms with Crippen LogP contribution >= 0.6 is 0 Å². The number of allylic oxidation sites excluding steroid dienone is 1. The van der Waals surface area contributed by atoms with Gasteiger partial charge in [-0.2, -0.15) is 0 Å². The van der Waals surface area contributed by atoms with Gasteiger partial charge in [-0.05, 0) is 44.4 Å². The second-order valence-electron chi connectivity index (χ2n) is 5.61. The fourth-order valence-corrected chi connectivity index (χ4v) is 3.88. The van der Waals surface area contributed by atoms with Gasteiger partial charge in [-0.1, -0.05) is 19.4 Å². The summed E-state index contributed by atoms with van der Waals surface area (Å²) in [5.41, 5.74) is 0. The zero-order valence-electron chi connectivity index (χ0n) is 11.1. The predicted molar refractivity (Wildman–Crippen MR) is 74.2 cm³/mol. The van der Waals surface area contributed by atoms with Crippen LogP contribution in [0.2, 0.25) is 0 Å². The Morgan fingerprint density at radius 2 is 2.28 bits per heavy atom. The molecule has 1 N–H and O–H groups in total. The topological polar surface area (TPSA) is 46.2 Å². The molecule has 0 aromatic carbocycles. The summed E-state index contributed by atoms with van der Waals surface area (Å²) in [5, 5.41) is 0. The van der Waals surface area contributed by atoms with Crippen molar-refractivity contribution < 1.29 is 9.00 Å². The molecule has 18 heavy (non-hydrogen) atoms. The molecule has 0 bridgehead atoms. The van der Waals surface area contributed by atoms with Crippen LogP contribution < -0.4 is 4.72 Å². The van der Waals surface area contributed by atoms with E-state index in [9.17, 15) is 9.00 Å². The smallest absolute Gasteiger partial charge is 0.235 e. The highest BCUT2D eigenvalue weighted by atomic mass is 32.2. The lowest BCUT2D eigenvalue weighted by Crippen LogP contribution is -2.35. The summed E-state index contributed by atoms with van der Waals surface area (Å²) in [4.78, 5) is 11.9. The van der Waals surface area contributed by atoms with Crippen LogP contribution in [0.3, 0.4) is 0 Å². The molecule has 0 saturated heterocycles. The Bertz CT molecular complexity index is 363. The third kappa shape index (κ3) is 3.02. The molecule has 0 heterocycles. The van der Waals surface area contributed by atoms with Gasteiger partial charge >= 0.3 is 0 Å². The summed E-state index contributed by atoms with van der Waals surface area (Å²) in [6, 6.07) is 0. The summed E-state index contributed by atoms with van der Waals surface area (Å²) in [6.07, 6.45) is 8.82. The second-order valence-corrected chi connectivity index (χ2v) is 7.22. The Kier molecular flexibility index (Phi) is 4.25. The predicted octanol–water partition coefficient (Wildman–Crippen LogP) is 2.70. The van der Waals surface area contributed by atoms with Gasteiger partial charge in [0, 0.05) is 5.92 Å². The van der Waals surface area contributed by atoms with Crippen LogP contribution in [0.1, 0.15) is 51.9 Å². The van der Waals surface area contributed by atoms with Crippen LogP contribution in [0.5, 0.6) is 0 Å². The molecule has 0 aromatic rings. The molecule has 2 fully saturated rings. The van der Waals surface area contributed by atoms with Gasteiger partial charge in [0.15, 0.2) is 0 Å². The molecular weight excluding hydrogens is 246 g/mol. The Morgan fingerprint density at radius 3 is 2.78 bits per heavy atom. The number of unbranched alkanes of at least 4 members (excludes halogenated alkanes) is 1. The minimum Gasteiger partial charge on any atom is -0.274 e. The van der Waals surface area contributed by atoms with Crippen LogP contribution in [0.15, 0.2) is 12.7 Å². The van der Waals surface area contributed by atoms with E-state index in [4.69, 9.17) is 0 Å². The van der Waals surface area contributed by atoms with Gasteiger partial charge in [0.25, 0.3) is 0 Å². The number of amides is 1. The molecule has 2 rings (SSSR count). The van der Waals surface area contributed by atoms with E-state index in [0.717, 1.165) is 44.9 Å². The van der Waals surface area contributed by atoms with Crippen molar-refractivity contribution in [2.24, 2.45) is 11.8 Å². The maximum atomic E-state index is 12.2. The molecule has 2 aliphatic rings. The van der Waals surface area contributed by atoms with Crippen LogP contribution in [-0.2, 0) is 15.8 Å². The maximum Gasteiger partial charge on any atom is 0.235 e. The first-order chi connectivity index (χ1) is 8.63. The van der Waals surface area contributed by atoms with Gasteiger partial charge in [0.05, 0.1) is 4.75 Å². The van der Waals surface area contributed by atoms with Crippen molar-refractivity contribution in [1.29, 1.82) is 0 Å². The summed E-state index contributed by atoms with van der Waals surface area (Å²) < 4.78 is 14.8. The van der Waals surface area contributed by atoms with Gasteiger partial charge in [0.1, 0.15) is 11.0 Å². The minimum atomic E-state index is -1.18. The molecule has 2 saturated carbocycles. The Labute approximate surface area is 112 Å². The number of carbonyl (C=O) groups is 1. The zero-order valence-corrected chi connectivity index (χ0v) is 11.9. The summed E-state index contributed by atoms with van der Waals surface area (Å²) in [7, 11) is -1.18. The standard InChI is InChI=1S/C14H23NO2S/c1-3-5-6-7-14(8-9-14)18(17)15-13(16)12-10-11(12)4-2/h3,11-12H,1,4-10H2,2H3,(H,15,16). The summed E-state index contributed by atoms with van der Waals surface area (Å²) in [6.45, 7) is 5.80. The van der Waals surface area contributed by atoms with Crippen molar-refractivity contribution in [2.45, 2.75) is 56.6 Å². The quantitative estimate of drug-likeness (QED) is 0.544. The molecule has 102 valence electrons. The summed E-state index contributed by atoms with van der Waals surface area (Å²) in [5.74, 6) is 0.663. The van der Waals surface area contributed by atoms with Crippen molar-refractivity contribution in [3.05, 3.63) is 12.7 Å². The summed E-state index contributed by atoms with van der Waals surface area (Å²) >= 11 is 0. The van der Waals surface area contributed by atoms with E-state index in [-0.39, 0.29) is 16.6 Å². The average Bonchev–Trinajstić information content (AvgIpc) is 3.24. The molecule has 3 nitrogen and oxygen atoms in total. The van der Waals surface area contributed by atoms with Crippen molar-refractivity contribution in [1.82, 2.24) is 4.72 Å². The monoisotopic (exact) mass is 269 g/mol. The normalized spacial score (nSPS) is 29.4. The molecule has 0 spiro atoms. The molecule has 0 aliphatic heterocycles. The molecular formula is C14H23NO2S. The van der Waals surface area contributed by atoms with E-state index in [1.165, 1.54) is 0 Å². The highest BCUT2D eigenvalue weighted by molar-refractivity contribution is 7.85. The lowest BCUT2D eigenvalue weighted by atomic mass is 10.2. The lowest BCUT2D eigenvalue weighted by molar-refractivity contribution is -0.120. The van der Waals surface area contributed by atoms with Crippen LogP contribution in [-0.4, -0.2) is 14.9 Å². The van der Waals surface area contributed by atoms with E-state index in [0.29, 0.717) is 5.92 Å². The number of hydrogen-bond acceptors (Lipinski definition) is 2. The van der Waals surface area contributed by atoms with Gasteiger partial charge < -0.3 is 0 Å². The van der Waals surface area contributed by atoms with E-state index in [2.05, 4.69) is 18.2 Å². The number of hydrogen-bond donors (Lipinski definition) is 1. The fraction of sp³-hybridized carbons (Fsp3) is 0.786. The van der Waals surface area contributed by atoms with Crippen molar-refractivity contribution >= 4 is 16.9 Å². The van der Waals surface area contributed by atoms with Crippen molar-refractivity contribution in [3.63, 3.8) is 0 Å². The second kappa shape index (κ2) is 5.55. The van der Waals surface area contributed by atoms with Gasteiger partial charge in [-0.3, -0.25) is 9.52 Å². The van der Waals surface area contributed by atoms with Gasteiger partial charge in [-0.15, -0.1) is 6.58 Å². The highest BCUT2D eigenvalue weighted by Gasteiger charge is 2.50. The first-order valence-corrected chi connectivity index (χ1v) is 8.11. The number of carbonyl (C=O) groups excluding carboxylic acids is 1. The number of rotatable bonds is 8. The fourth-order valence-electron chi connectivity index (χ4n) is 2.53. The lowest BCUT2D eigenvalue weighted by Gasteiger charge is -2.14. The van der Waals surface area contributed by atoms with Crippen LogP contribution in [0.25, 0.3) is 0 Å². The maximum absolute atomic E-state index is 12.2. The SMILES string of the molecule is C=CCCCC1(S(=O)NC(=O)C2CC2CC)CC1. The molecule has 2 aliphatic carbocycles. The Balaban J connectivity index is 1.77. The van der Waals surface area contributed by atoms with Gasteiger partial charge in [-0.25, -0.2) is 4.21 Å². The molecule has 1 amide bonds. The van der Waals surface area contributed by atoms with Gasteiger partial charge in [0.2, 0.25) is 5.91 Å².